The molecule has 1 saturated carbocycles. The van der Waals surface area contributed by atoms with Crippen LogP contribution >= 0.6 is 11.3 Å². The van der Waals surface area contributed by atoms with Crippen LogP contribution in [0.2, 0.25) is 0 Å². The molecule has 2 heterocycles. The van der Waals surface area contributed by atoms with Gasteiger partial charge in [0.25, 0.3) is 11.8 Å². The number of nitrogens with one attached hydrogen (secondary N) is 2. The number of hydrogen-bond acceptors (Lipinski definition) is 6. The zero-order valence-corrected chi connectivity index (χ0v) is 19.5. The van der Waals surface area contributed by atoms with Gasteiger partial charge in [0, 0.05) is 11.4 Å². The van der Waals surface area contributed by atoms with Gasteiger partial charge in [0.05, 0.1) is 22.6 Å². The van der Waals surface area contributed by atoms with Crippen LogP contribution in [0.4, 0.5) is 10.1 Å². The van der Waals surface area contributed by atoms with Crippen LogP contribution in [0.15, 0.2) is 54.6 Å². The molecular weight excluding hydrogens is 471 g/mol. The van der Waals surface area contributed by atoms with E-state index in [9.17, 15) is 18.8 Å². The number of aryl methyl sites for hydroxylation is 1. The number of fused-ring (bicyclic) bond motifs is 1. The summed E-state index contributed by atoms with van der Waals surface area (Å²) in [5.41, 5.74) is 2.07. The third-order valence-electron chi connectivity index (χ3n) is 5.51. The second kappa shape index (κ2) is 9.30. The number of benzene rings is 2. The fourth-order valence-electron chi connectivity index (χ4n) is 3.57. The van der Waals surface area contributed by atoms with Gasteiger partial charge in [-0.2, -0.15) is 5.10 Å². The summed E-state index contributed by atoms with van der Waals surface area (Å²) in [6.07, 6.45) is 1.91. The minimum absolute atomic E-state index is 0.187. The number of ether oxygens (including phenoxy) is 1. The molecule has 0 saturated heterocycles. The van der Waals surface area contributed by atoms with Crippen LogP contribution in [-0.4, -0.2) is 40.2 Å². The molecule has 2 aromatic carbocycles. The minimum atomic E-state index is -0.647. The molecule has 4 aromatic rings. The molecule has 5 rings (SSSR count). The highest BCUT2D eigenvalue weighted by Crippen LogP contribution is 2.31. The third-order valence-corrected chi connectivity index (χ3v) is 6.60. The lowest BCUT2D eigenvalue weighted by Gasteiger charge is -2.11. The number of esters is 1. The van der Waals surface area contributed by atoms with E-state index >= 15 is 0 Å². The number of halogens is 1. The lowest BCUT2D eigenvalue weighted by Crippen LogP contribution is -2.27. The first-order chi connectivity index (χ1) is 16.9. The number of rotatable bonds is 7. The topological polar surface area (TPSA) is 102 Å². The molecule has 178 valence electrons. The molecule has 0 radical (unpaired) electrons. The monoisotopic (exact) mass is 492 g/mol. The lowest BCUT2D eigenvalue weighted by molar-refractivity contribution is -0.119. The van der Waals surface area contributed by atoms with E-state index in [4.69, 9.17) is 4.74 Å². The van der Waals surface area contributed by atoms with Gasteiger partial charge < -0.3 is 15.4 Å². The second-order valence-electron chi connectivity index (χ2n) is 8.22. The Kier molecular flexibility index (Phi) is 6.04. The summed E-state index contributed by atoms with van der Waals surface area (Å²) in [5.74, 6) is -1.81. The van der Waals surface area contributed by atoms with E-state index in [0.29, 0.717) is 32.3 Å². The van der Waals surface area contributed by atoms with Gasteiger partial charge in [0.1, 0.15) is 15.5 Å². The SMILES string of the molecule is Cc1nn(-c2ccc(F)cc2)c2sc(C(=O)OCC(=O)Nc3ccccc3C(=O)NC3CC3)cc12. The molecule has 35 heavy (non-hydrogen) atoms. The largest absolute Gasteiger partial charge is 0.451 e. The van der Waals surface area contributed by atoms with E-state index in [1.807, 2.05) is 6.92 Å². The van der Waals surface area contributed by atoms with Crippen molar-refractivity contribution >= 4 is 45.0 Å². The zero-order valence-electron chi connectivity index (χ0n) is 18.7. The standard InChI is InChI=1S/C25H21FN4O4S/c1-14-19-12-21(35-24(19)30(29-14)17-10-6-15(26)7-11-17)25(33)34-13-22(31)28-20-5-3-2-4-18(20)23(32)27-16-8-9-16/h2-7,10-12,16H,8-9,13H2,1H3,(H,27,32)(H,28,31). The molecular formula is C25H21FN4O4S. The molecule has 1 fully saturated rings. The number of para-hydroxylation sites is 1. The normalized spacial score (nSPS) is 13.0. The van der Waals surface area contributed by atoms with Gasteiger partial charge >= 0.3 is 5.97 Å². The van der Waals surface area contributed by atoms with Crippen molar-refractivity contribution in [2.75, 3.05) is 11.9 Å². The van der Waals surface area contributed by atoms with Gasteiger partial charge in [-0.25, -0.2) is 13.9 Å². The Hall–Kier alpha value is -4.05. The van der Waals surface area contributed by atoms with Crippen LogP contribution in [0.3, 0.4) is 0 Å². The second-order valence-corrected chi connectivity index (χ2v) is 9.25. The predicted molar refractivity (Wildman–Crippen MR) is 129 cm³/mol. The molecule has 2 amide bonds. The van der Waals surface area contributed by atoms with Gasteiger partial charge in [-0.1, -0.05) is 12.1 Å². The number of anilines is 1. The number of carbonyl (C=O) groups is 3. The van der Waals surface area contributed by atoms with E-state index in [1.165, 1.54) is 23.5 Å². The van der Waals surface area contributed by atoms with Crippen LogP contribution < -0.4 is 10.6 Å². The summed E-state index contributed by atoms with van der Waals surface area (Å²) in [4.78, 5) is 38.5. The smallest absolute Gasteiger partial charge is 0.348 e. The summed E-state index contributed by atoms with van der Waals surface area (Å²) in [6, 6.07) is 14.4. The Morgan fingerprint density at radius 2 is 1.89 bits per heavy atom. The molecule has 0 aliphatic heterocycles. The fourth-order valence-corrected chi connectivity index (χ4v) is 4.65. The first-order valence-electron chi connectivity index (χ1n) is 11.0. The molecule has 0 atom stereocenters. The first kappa shape index (κ1) is 22.7. The first-order valence-corrected chi connectivity index (χ1v) is 11.8. The van der Waals surface area contributed by atoms with Gasteiger partial charge in [0.15, 0.2) is 6.61 Å². The van der Waals surface area contributed by atoms with Crippen LogP contribution in [-0.2, 0) is 9.53 Å². The Morgan fingerprint density at radius 3 is 2.63 bits per heavy atom. The summed E-state index contributed by atoms with van der Waals surface area (Å²) in [6.45, 7) is 1.31. The molecule has 1 aliphatic carbocycles. The fraction of sp³-hybridized carbons (Fsp3) is 0.200. The Balaban J connectivity index is 1.26. The number of aromatic nitrogens is 2. The number of thiophene rings is 1. The summed E-state index contributed by atoms with van der Waals surface area (Å²) in [5, 5.41) is 10.8. The average molecular weight is 493 g/mol. The molecule has 0 bridgehead atoms. The van der Waals surface area contributed by atoms with E-state index in [2.05, 4.69) is 15.7 Å². The number of carbonyl (C=O) groups excluding carboxylic acids is 3. The Labute approximate surface area is 203 Å². The molecule has 1 aliphatic rings. The quantitative estimate of drug-likeness (QED) is 0.376. The highest BCUT2D eigenvalue weighted by Gasteiger charge is 2.25. The molecule has 2 N–H and O–H groups in total. The van der Waals surface area contributed by atoms with Crippen LogP contribution in [0.25, 0.3) is 15.9 Å². The Morgan fingerprint density at radius 1 is 1.14 bits per heavy atom. The molecule has 8 nitrogen and oxygen atoms in total. The summed E-state index contributed by atoms with van der Waals surface area (Å²) in [7, 11) is 0. The highest BCUT2D eigenvalue weighted by molar-refractivity contribution is 7.20. The number of nitrogens with zero attached hydrogens (tertiary/aromatic N) is 2. The molecule has 10 heteroatoms. The third kappa shape index (κ3) is 4.92. The summed E-state index contributed by atoms with van der Waals surface area (Å²) >= 11 is 1.17. The van der Waals surface area contributed by atoms with Crippen molar-refractivity contribution in [2.45, 2.75) is 25.8 Å². The van der Waals surface area contributed by atoms with Crippen molar-refractivity contribution in [2.24, 2.45) is 0 Å². The van der Waals surface area contributed by atoms with E-state index in [1.54, 1.807) is 47.1 Å². The van der Waals surface area contributed by atoms with Crippen molar-refractivity contribution < 1.29 is 23.5 Å². The van der Waals surface area contributed by atoms with E-state index in [-0.39, 0.29) is 17.8 Å². The predicted octanol–water partition coefficient (Wildman–Crippen LogP) is 4.22. The maximum atomic E-state index is 13.3. The van der Waals surface area contributed by atoms with Crippen molar-refractivity contribution in [1.29, 1.82) is 0 Å². The van der Waals surface area contributed by atoms with Crippen molar-refractivity contribution in [3.05, 3.63) is 76.5 Å². The summed E-state index contributed by atoms with van der Waals surface area (Å²) < 4.78 is 20.1. The highest BCUT2D eigenvalue weighted by atomic mass is 32.1. The molecule has 0 unspecified atom stereocenters. The van der Waals surface area contributed by atoms with Gasteiger partial charge in [-0.05, 0) is 62.2 Å². The van der Waals surface area contributed by atoms with Crippen molar-refractivity contribution in [3.8, 4) is 5.69 Å². The lowest BCUT2D eigenvalue weighted by atomic mass is 10.1. The molecule has 2 aromatic heterocycles. The van der Waals surface area contributed by atoms with Gasteiger partial charge in [-0.3, -0.25) is 9.59 Å². The number of amides is 2. The minimum Gasteiger partial charge on any atom is -0.451 e. The van der Waals surface area contributed by atoms with Crippen molar-refractivity contribution in [3.63, 3.8) is 0 Å². The van der Waals surface area contributed by atoms with E-state index in [0.717, 1.165) is 18.2 Å². The number of hydrogen-bond donors (Lipinski definition) is 2. The zero-order chi connectivity index (χ0) is 24.5. The van der Waals surface area contributed by atoms with Crippen LogP contribution in [0.1, 0.15) is 38.6 Å². The maximum absolute atomic E-state index is 13.3. The van der Waals surface area contributed by atoms with Crippen molar-refractivity contribution in [1.82, 2.24) is 15.1 Å². The average Bonchev–Trinajstić information content (AvgIpc) is 3.46. The van der Waals surface area contributed by atoms with Crippen LogP contribution in [0.5, 0.6) is 0 Å². The van der Waals surface area contributed by atoms with E-state index < -0.39 is 18.5 Å². The molecule has 0 spiro atoms. The maximum Gasteiger partial charge on any atom is 0.348 e. The van der Waals surface area contributed by atoms with Gasteiger partial charge in [0.2, 0.25) is 0 Å². The van der Waals surface area contributed by atoms with Gasteiger partial charge in [-0.15, -0.1) is 11.3 Å². The van der Waals surface area contributed by atoms with Crippen LogP contribution in [0, 0.1) is 12.7 Å². The Bertz CT molecular complexity index is 1440.